The fourth-order valence-electron chi connectivity index (χ4n) is 3.44. The molecule has 1 fully saturated rings. The molecule has 1 saturated heterocycles. The van der Waals surface area contributed by atoms with Crippen LogP contribution in [0.15, 0.2) is 66.7 Å². The van der Waals surface area contributed by atoms with Crippen LogP contribution in [0, 0.1) is 0 Å². The topological polar surface area (TPSA) is 16.1 Å². The molecule has 2 nitrogen and oxygen atoms in total. The van der Waals surface area contributed by atoms with E-state index in [1.54, 1.807) is 0 Å². The zero-order chi connectivity index (χ0) is 14.8. The van der Waals surface area contributed by atoms with E-state index in [0.717, 1.165) is 18.6 Å². The van der Waals surface area contributed by atoms with Crippen molar-refractivity contribution in [3.63, 3.8) is 0 Å². The summed E-state index contributed by atoms with van der Waals surface area (Å²) in [5, 5.41) is 1.22. The molecule has 4 rings (SSSR count). The number of nitrogens with zero attached hydrogens (tertiary/aromatic N) is 2. The fourth-order valence-corrected chi connectivity index (χ4v) is 3.44. The highest BCUT2D eigenvalue weighted by Gasteiger charge is 2.27. The Balaban J connectivity index is 1.61. The van der Waals surface area contributed by atoms with Gasteiger partial charge < -0.3 is 0 Å². The number of fused-ring (bicyclic) bond motifs is 1. The molecule has 1 aliphatic heterocycles. The lowest BCUT2D eigenvalue weighted by Gasteiger charge is -2.24. The summed E-state index contributed by atoms with van der Waals surface area (Å²) in [6.45, 7) is 2.17. The van der Waals surface area contributed by atoms with Gasteiger partial charge >= 0.3 is 0 Å². The monoisotopic (exact) mass is 288 g/mol. The minimum absolute atomic E-state index is 0.449. The second kappa shape index (κ2) is 5.90. The fraction of sp³-hybridized carbons (Fsp3) is 0.250. The molecule has 0 bridgehead atoms. The molecule has 1 unspecified atom stereocenters. The van der Waals surface area contributed by atoms with E-state index < -0.39 is 0 Å². The van der Waals surface area contributed by atoms with E-state index in [0.29, 0.717) is 6.04 Å². The predicted molar refractivity (Wildman–Crippen MR) is 90.6 cm³/mol. The van der Waals surface area contributed by atoms with Crippen molar-refractivity contribution in [1.82, 2.24) is 9.88 Å². The lowest BCUT2D eigenvalue weighted by Crippen LogP contribution is -2.23. The summed E-state index contributed by atoms with van der Waals surface area (Å²) in [5.41, 5.74) is 3.70. The van der Waals surface area contributed by atoms with Crippen molar-refractivity contribution in [2.45, 2.75) is 25.4 Å². The van der Waals surface area contributed by atoms with Crippen LogP contribution in [0.1, 0.15) is 30.1 Å². The van der Waals surface area contributed by atoms with Gasteiger partial charge in [-0.3, -0.25) is 9.88 Å². The minimum atomic E-state index is 0.449. The molecule has 110 valence electrons. The molecule has 1 aromatic heterocycles. The van der Waals surface area contributed by atoms with Gasteiger partial charge in [-0.1, -0.05) is 54.6 Å². The summed E-state index contributed by atoms with van der Waals surface area (Å²) >= 11 is 0. The Hall–Kier alpha value is -2.19. The number of aromatic nitrogens is 1. The van der Waals surface area contributed by atoms with Gasteiger partial charge in [-0.05, 0) is 37.1 Å². The van der Waals surface area contributed by atoms with Crippen LogP contribution < -0.4 is 0 Å². The zero-order valence-electron chi connectivity index (χ0n) is 12.7. The average Bonchev–Trinajstić information content (AvgIpc) is 3.03. The van der Waals surface area contributed by atoms with Gasteiger partial charge in [0.1, 0.15) is 0 Å². The molecule has 0 N–H and O–H groups in total. The predicted octanol–water partition coefficient (Wildman–Crippen LogP) is 4.57. The Morgan fingerprint density at radius 2 is 1.73 bits per heavy atom. The molecule has 2 aromatic carbocycles. The smallest absolute Gasteiger partial charge is 0.0706 e. The molecule has 0 spiro atoms. The molecule has 0 aliphatic carbocycles. The van der Waals surface area contributed by atoms with Crippen LogP contribution in [0.25, 0.3) is 10.9 Å². The van der Waals surface area contributed by atoms with Gasteiger partial charge in [-0.25, -0.2) is 0 Å². The van der Waals surface area contributed by atoms with Crippen LogP contribution in [-0.4, -0.2) is 16.4 Å². The maximum atomic E-state index is 4.91. The third kappa shape index (κ3) is 2.62. The number of benzene rings is 2. The van der Waals surface area contributed by atoms with Crippen molar-refractivity contribution in [3.05, 3.63) is 78.0 Å². The lowest BCUT2D eigenvalue weighted by molar-refractivity contribution is 0.245. The largest absolute Gasteiger partial charge is 0.291 e. The summed E-state index contributed by atoms with van der Waals surface area (Å²) in [4.78, 5) is 7.47. The highest BCUT2D eigenvalue weighted by atomic mass is 15.2. The van der Waals surface area contributed by atoms with Gasteiger partial charge in [0, 0.05) is 11.9 Å². The summed E-state index contributed by atoms with van der Waals surface area (Å²) in [7, 11) is 0. The second-order valence-corrected chi connectivity index (χ2v) is 6.04. The summed E-state index contributed by atoms with van der Waals surface area (Å²) < 4.78 is 0. The Labute approximate surface area is 131 Å². The van der Waals surface area contributed by atoms with Crippen molar-refractivity contribution in [2.75, 3.05) is 6.54 Å². The van der Waals surface area contributed by atoms with E-state index in [-0.39, 0.29) is 0 Å². The molecular weight excluding hydrogens is 268 g/mol. The van der Waals surface area contributed by atoms with Crippen LogP contribution in [0.4, 0.5) is 0 Å². The molecule has 0 amide bonds. The van der Waals surface area contributed by atoms with E-state index in [1.807, 2.05) is 0 Å². The molecular formula is C20H20N2. The number of likely N-dealkylation sites (tertiary alicyclic amines) is 1. The Bertz CT molecular complexity index is 767. The first kappa shape index (κ1) is 13.5. The van der Waals surface area contributed by atoms with Gasteiger partial charge in [-0.2, -0.15) is 0 Å². The van der Waals surface area contributed by atoms with Crippen LogP contribution in [0.2, 0.25) is 0 Å². The first-order chi connectivity index (χ1) is 10.9. The van der Waals surface area contributed by atoms with Crippen molar-refractivity contribution in [2.24, 2.45) is 0 Å². The van der Waals surface area contributed by atoms with Gasteiger partial charge in [0.2, 0.25) is 0 Å². The number of hydrogen-bond donors (Lipinski definition) is 0. The summed E-state index contributed by atoms with van der Waals surface area (Å²) in [6.07, 6.45) is 2.46. The summed E-state index contributed by atoms with van der Waals surface area (Å²) in [6, 6.07) is 24.0. The highest BCUT2D eigenvalue weighted by molar-refractivity contribution is 5.78. The molecule has 0 radical (unpaired) electrons. The van der Waals surface area contributed by atoms with Crippen LogP contribution >= 0.6 is 0 Å². The van der Waals surface area contributed by atoms with Crippen LogP contribution in [-0.2, 0) is 6.54 Å². The van der Waals surface area contributed by atoms with Crippen LogP contribution in [0.5, 0.6) is 0 Å². The average molecular weight is 288 g/mol. The highest BCUT2D eigenvalue weighted by Crippen LogP contribution is 2.32. The maximum absolute atomic E-state index is 4.91. The molecule has 0 saturated carbocycles. The molecule has 2 heterocycles. The third-order valence-electron chi connectivity index (χ3n) is 4.55. The van der Waals surface area contributed by atoms with E-state index in [4.69, 9.17) is 4.98 Å². The standard InChI is InChI=1S/C20H20N2/c1-2-7-16(8-3-1)15-22-14-6-11-20(22)19-13-12-17-9-4-5-10-18(17)21-19/h1-5,7-10,12-13,20H,6,11,14-15H2. The number of rotatable bonds is 3. The van der Waals surface area contributed by atoms with Crippen molar-refractivity contribution >= 4 is 10.9 Å². The van der Waals surface area contributed by atoms with E-state index in [9.17, 15) is 0 Å². The van der Waals surface area contributed by atoms with Gasteiger partial charge in [0.05, 0.1) is 17.3 Å². The first-order valence-electron chi connectivity index (χ1n) is 8.04. The molecule has 3 aromatic rings. The molecule has 1 atom stereocenters. The summed E-state index contributed by atoms with van der Waals surface area (Å²) in [5.74, 6) is 0. The Kier molecular flexibility index (Phi) is 3.61. The van der Waals surface area contributed by atoms with E-state index >= 15 is 0 Å². The van der Waals surface area contributed by atoms with Gasteiger partial charge in [0.15, 0.2) is 0 Å². The van der Waals surface area contributed by atoms with Crippen molar-refractivity contribution < 1.29 is 0 Å². The van der Waals surface area contributed by atoms with Crippen LogP contribution in [0.3, 0.4) is 0 Å². The lowest BCUT2D eigenvalue weighted by atomic mass is 10.1. The van der Waals surface area contributed by atoms with Gasteiger partial charge in [0.25, 0.3) is 0 Å². The van der Waals surface area contributed by atoms with E-state index in [2.05, 4.69) is 71.6 Å². The van der Waals surface area contributed by atoms with Gasteiger partial charge in [-0.15, -0.1) is 0 Å². The van der Waals surface area contributed by atoms with Crippen molar-refractivity contribution in [3.8, 4) is 0 Å². The second-order valence-electron chi connectivity index (χ2n) is 6.04. The number of hydrogen-bond acceptors (Lipinski definition) is 2. The normalized spacial score (nSPS) is 18.8. The zero-order valence-corrected chi connectivity index (χ0v) is 12.7. The molecule has 22 heavy (non-hydrogen) atoms. The maximum Gasteiger partial charge on any atom is 0.0706 e. The molecule has 2 heteroatoms. The molecule has 1 aliphatic rings. The minimum Gasteiger partial charge on any atom is -0.291 e. The third-order valence-corrected chi connectivity index (χ3v) is 4.55. The Morgan fingerprint density at radius 3 is 2.64 bits per heavy atom. The van der Waals surface area contributed by atoms with E-state index in [1.165, 1.54) is 29.5 Å². The number of pyridine rings is 1. The quantitative estimate of drug-likeness (QED) is 0.701. The first-order valence-corrected chi connectivity index (χ1v) is 8.04. The number of para-hydroxylation sites is 1. The SMILES string of the molecule is c1ccc(CN2CCCC2c2ccc3ccccc3n2)cc1. The Morgan fingerprint density at radius 1 is 0.909 bits per heavy atom. The van der Waals surface area contributed by atoms with Crippen molar-refractivity contribution in [1.29, 1.82) is 0 Å².